The summed E-state index contributed by atoms with van der Waals surface area (Å²) in [4.78, 5) is 12.9. The molecule has 5 aromatic rings. The van der Waals surface area contributed by atoms with Crippen molar-refractivity contribution < 1.29 is 9.90 Å². The zero-order chi connectivity index (χ0) is 31.0. The average Bonchev–Trinajstić information content (AvgIpc) is 3.32. The van der Waals surface area contributed by atoms with Crippen molar-refractivity contribution in [2.24, 2.45) is 0 Å². The number of carbonyl (C=O) groups is 1. The van der Waals surface area contributed by atoms with E-state index >= 15 is 0 Å². The second-order valence-electron chi connectivity index (χ2n) is 13.8. The van der Waals surface area contributed by atoms with Gasteiger partial charge in [-0.15, -0.1) is 0 Å². The van der Waals surface area contributed by atoms with Gasteiger partial charge in [0.1, 0.15) is 0 Å². The quantitative estimate of drug-likeness (QED) is 0.149. The topological polar surface area (TPSA) is 37.3 Å². The van der Waals surface area contributed by atoms with Crippen LogP contribution in [0.5, 0.6) is 0 Å². The van der Waals surface area contributed by atoms with Crippen LogP contribution in [0.25, 0.3) is 10.1 Å². The summed E-state index contributed by atoms with van der Waals surface area (Å²) in [7, 11) is 0. The SMILES string of the molecule is CC(C)(Cc1cc2sc(C(=O)O)[c]([Sn])c2c(CC(C)(C)c2ccccc2)c1CC(C)(C)c1ccccc1)c1ccccc1. The Labute approximate surface area is 274 Å². The molecule has 3 radical (unpaired) electrons. The Kier molecular flexibility index (Phi) is 8.98. The van der Waals surface area contributed by atoms with Crippen LogP contribution in [0, 0.1) is 0 Å². The molecule has 0 bridgehead atoms. The Balaban J connectivity index is 1.79. The van der Waals surface area contributed by atoms with Crippen LogP contribution in [0.1, 0.15) is 84.6 Å². The van der Waals surface area contributed by atoms with Gasteiger partial charge in [0.25, 0.3) is 0 Å². The van der Waals surface area contributed by atoms with Crippen LogP contribution < -0.4 is 3.58 Å². The molecule has 0 atom stereocenters. The Morgan fingerprint density at radius 1 is 0.651 bits per heavy atom. The third-order valence-electron chi connectivity index (χ3n) is 9.02. The number of carboxylic acid groups (broad SMARTS) is 1. The summed E-state index contributed by atoms with van der Waals surface area (Å²) in [5, 5.41) is 11.4. The van der Waals surface area contributed by atoms with Crippen molar-refractivity contribution in [1.82, 2.24) is 0 Å². The van der Waals surface area contributed by atoms with Crippen molar-refractivity contribution >= 4 is 53.5 Å². The van der Waals surface area contributed by atoms with E-state index in [2.05, 4.69) is 139 Å². The van der Waals surface area contributed by atoms with Crippen LogP contribution in [-0.2, 0) is 35.5 Å². The molecule has 0 spiro atoms. The van der Waals surface area contributed by atoms with Gasteiger partial charge in [-0.2, -0.15) is 0 Å². The number of aromatic carboxylic acids is 1. The van der Waals surface area contributed by atoms with E-state index in [-0.39, 0.29) is 16.2 Å². The van der Waals surface area contributed by atoms with Crippen molar-refractivity contribution in [1.29, 1.82) is 0 Å². The summed E-state index contributed by atoms with van der Waals surface area (Å²) in [6, 6.07) is 34.7. The molecule has 219 valence electrons. The van der Waals surface area contributed by atoms with E-state index < -0.39 is 5.97 Å². The molecule has 0 aliphatic heterocycles. The first kappa shape index (κ1) is 31.5. The number of benzene rings is 4. The number of thiophene rings is 1. The van der Waals surface area contributed by atoms with E-state index in [1.54, 1.807) is 0 Å². The van der Waals surface area contributed by atoms with Gasteiger partial charge < -0.3 is 0 Å². The molecule has 1 heterocycles. The second kappa shape index (κ2) is 12.2. The molecule has 1 aromatic heterocycles. The molecule has 0 amide bonds. The first-order valence-corrected chi connectivity index (χ1v) is 17.3. The molecule has 0 unspecified atom stereocenters. The summed E-state index contributed by atoms with van der Waals surface area (Å²) >= 11 is 2.60. The van der Waals surface area contributed by atoms with E-state index in [0.717, 1.165) is 50.1 Å². The molecule has 0 aliphatic carbocycles. The van der Waals surface area contributed by atoms with Gasteiger partial charge in [-0.25, -0.2) is 0 Å². The Bertz CT molecular complexity index is 1730. The molecular weight excluding hydrogens is 651 g/mol. The van der Waals surface area contributed by atoms with E-state index in [4.69, 9.17) is 0 Å². The maximum atomic E-state index is 12.4. The number of carboxylic acids is 1. The predicted octanol–water partition coefficient (Wildman–Crippen LogP) is 8.95. The zero-order valence-corrected chi connectivity index (χ0v) is 29.8. The minimum atomic E-state index is -0.821. The molecule has 4 aromatic carbocycles. The van der Waals surface area contributed by atoms with E-state index in [0.29, 0.717) is 4.88 Å². The van der Waals surface area contributed by atoms with Crippen molar-refractivity contribution in [2.45, 2.75) is 77.0 Å². The standard InChI is InChI=1S/C39H41O2S.Sn/c1-37(2,28-16-10-7-11-17-28)24-27-22-34-31(23-35(42-34)36(40)41)33(26-39(5,6)30-20-14-9-15-21-30)32(27)25-38(3,4)29-18-12-8-13-19-29;/h7-22H,24-26H2,1-6H3,(H,40,41);. The van der Waals surface area contributed by atoms with Gasteiger partial charge in [-0.05, 0) is 0 Å². The molecule has 1 N–H and O–H groups in total. The van der Waals surface area contributed by atoms with Crippen LogP contribution in [0.4, 0.5) is 0 Å². The average molecular weight is 693 g/mol. The van der Waals surface area contributed by atoms with E-state index in [9.17, 15) is 9.90 Å². The molecular formula is C39H41O2SSn. The normalized spacial score (nSPS) is 12.5. The van der Waals surface area contributed by atoms with Crippen molar-refractivity contribution in [3.63, 3.8) is 0 Å². The second-order valence-corrected chi connectivity index (χ2v) is 16.2. The summed E-state index contributed by atoms with van der Waals surface area (Å²) in [6.45, 7) is 14.0. The molecule has 0 aliphatic rings. The molecule has 5 rings (SSSR count). The fourth-order valence-electron chi connectivity index (χ4n) is 6.50. The molecule has 2 nitrogen and oxygen atoms in total. The van der Waals surface area contributed by atoms with Crippen LogP contribution in [-0.4, -0.2) is 33.6 Å². The molecule has 43 heavy (non-hydrogen) atoms. The zero-order valence-electron chi connectivity index (χ0n) is 26.1. The summed E-state index contributed by atoms with van der Waals surface area (Å²) < 4.78 is 2.08. The first-order chi connectivity index (χ1) is 20.3. The summed E-state index contributed by atoms with van der Waals surface area (Å²) in [5.41, 5.74) is 7.62. The van der Waals surface area contributed by atoms with Crippen LogP contribution >= 0.6 is 11.3 Å². The maximum absolute atomic E-state index is 12.4. The van der Waals surface area contributed by atoms with E-state index in [1.807, 2.05) is 0 Å². The van der Waals surface area contributed by atoms with Gasteiger partial charge in [0, 0.05) is 0 Å². The monoisotopic (exact) mass is 693 g/mol. The fourth-order valence-corrected chi connectivity index (χ4v) is 9.35. The third kappa shape index (κ3) is 6.63. The molecule has 4 heteroatoms. The van der Waals surface area contributed by atoms with E-state index in [1.165, 1.54) is 50.1 Å². The van der Waals surface area contributed by atoms with Crippen LogP contribution in [0.15, 0.2) is 97.1 Å². The van der Waals surface area contributed by atoms with Crippen molar-refractivity contribution in [3.8, 4) is 0 Å². The molecule has 0 fully saturated rings. The van der Waals surface area contributed by atoms with Crippen molar-refractivity contribution in [3.05, 3.63) is 135 Å². The summed E-state index contributed by atoms with van der Waals surface area (Å²) in [6.07, 6.45) is 2.59. The van der Waals surface area contributed by atoms with Gasteiger partial charge in [-0.3, -0.25) is 0 Å². The van der Waals surface area contributed by atoms with Gasteiger partial charge in [0.05, 0.1) is 0 Å². The Morgan fingerprint density at radius 2 is 1.05 bits per heavy atom. The van der Waals surface area contributed by atoms with Gasteiger partial charge in [0.15, 0.2) is 0 Å². The van der Waals surface area contributed by atoms with Gasteiger partial charge in [-0.1, -0.05) is 0 Å². The number of hydrogen-bond acceptors (Lipinski definition) is 2. The number of fused-ring (bicyclic) bond motifs is 1. The summed E-state index contributed by atoms with van der Waals surface area (Å²) in [5.74, 6) is -0.821. The number of rotatable bonds is 10. The molecule has 0 saturated heterocycles. The van der Waals surface area contributed by atoms with Gasteiger partial charge >= 0.3 is 276 Å². The third-order valence-corrected chi connectivity index (χ3v) is 12.1. The predicted molar refractivity (Wildman–Crippen MR) is 184 cm³/mol. The Hall–Kier alpha value is -2.89. The van der Waals surface area contributed by atoms with Crippen LogP contribution in [0.2, 0.25) is 0 Å². The van der Waals surface area contributed by atoms with Gasteiger partial charge in [0.2, 0.25) is 0 Å². The number of hydrogen-bond donors (Lipinski definition) is 1. The fraction of sp³-hybridized carbons (Fsp3) is 0.308. The first-order valence-electron chi connectivity index (χ1n) is 15.0. The minimum absolute atomic E-state index is 0.0968. The van der Waals surface area contributed by atoms with Crippen LogP contribution in [0.3, 0.4) is 0 Å². The van der Waals surface area contributed by atoms with Crippen molar-refractivity contribution in [2.75, 3.05) is 0 Å². The Morgan fingerprint density at radius 3 is 1.47 bits per heavy atom. The molecule has 0 saturated carbocycles.